The van der Waals surface area contributed by atoms with Crippen LogP contribution in [0.15, 0.2) is 46.8 Å². The number of hydrogen-bond donors (Lipinski definition) is 2. The predicted molar refractivity (Wildman–Crippen MR) is 108 cm³/mol. The molecule has 1 aromatic heterocycles. The molecule has 1 saturated heterocycles. The highest BCUT2D eigenvalue weighted by Crippen LogP contribution is 2.27. The molecule has 4 nitrogen and oxygen atoms in total. The van der Waals surface area contributed by atoms with E-state index < -0.39 is 0 Å². The van der Waals surface area contributed by atoms with Crippen LogP contribution in [0.4, 0.5) is 0 Å². The van der Waals surface area contributed by atoms with Crippen LogP contribution in [0.1, 0.15) is 29.3 Å². The summed E-state index contributed by atoms with van der Waals surface area (Å²) in [6.45, 7) is 3.68. The Hall–Kier alpha value is -1.56. The third kappa shape index (κ3) is 5.46. The summed E-state index contributed by atoms with van der Waals surface area (Å²) in [5, 5.41) is 6.09. The molecule has 1 atom stereocenters. The Morgan fingerprint density at radius 3 is 2.84 bits per heavy atom. The smallest absolute Gasteiger partial charge is 0.188 e. The zero-order chi connectivity index (χ0) is 17.5. The van der Waals surface area contributed by atoms with Crippen molar-refractivity contribution < 1.29 is 0 Å². The van der Waals surface area contributed by atoms with E-state index in [4.69, 9.17) is 17.3 Å². The van der Waals surface area contributed by atoms with E-state index in [1.807, 2.05) is 18.2 Å². The zero-order valence-corrected chi connectivity index (χ0v) is 15.9. The van der Waals surface area contributed by atoms with Crippen molar-refractivity contribution in [2.45, 2.75) is 25.3 Å². The highest BCUT2D eigenvalue weighted by Gasteiger charge is 2.23. The molecular formula is C19H25ClN4S. The van der Waals surface area contributed by atoms with E-state index in [9.17, 15) is 0 Å². The van der Waals surface area contributed by atoms with Gasteiger partial charge in [0.25, 0.3) is 0 Å². The van der Waals surface area contributed by atoms with Crippen molar-refractivity contribution in [2.75, 3.05) is 26.2 Å². The molecule has 3 rings (SSSR count). The van der Waals surface area contributed by atoms with E-state index in [2.05, 4.69) is 38.8 Å². The second-order valence-corrected chi connectivity index (χ2v) is 7.76. The van der Waals surface area contributed by atoms with Crippen molar-refractivity contribution >= 4 is 28.9 Å². The molecule has 0 bridgehead atoms. The van der Waals surface area contributed by atoms with Gasteiger partial charge in [-0.05, 0) is 61.5 Å². The third-order valence-electron chi connectivity index (χ3n) is 4.51. The third-order valence-corrected chi connectivity index (χ3v) is 5.68. The van der Waals surface area contributed by atoms with Gasteiger partial charge in [0.15, 0.2) is 5.96 Å². The lowest BCUT2D eigenvalue weighted by Gasteiger charge is -2.26. The second-order valence-electron chi connectivity index (χ2n) is 6.30. The molecule has 1 aliphatic heterocycles. The van der Waals surface area contributed by atoms with Crippen molar-refractivity contribution in [3.8, 4) is 0 Å². The second kappa shape index (κ2) is 9.22. The Morgan fingerprint density at radius 2 is 2.12 bits per heavy atom. The van der Waals surface area contributed by atoms with Gasteiger partial charge in [0, 0.05) is 16.4 Å². The number of nitrogens with zero attached hydrogens (tertiary/aromatic N) is 2. The first-order chi connectivity index (χ1) is 12.2. The minimum absolute atomic E-state index is 0.235. The van der Waals surface area contributed by atoms with Crippen molar-refractivity contribution in [3.05, 3.63) is 57.2 Å². The number of guanidine groups is 1. The summed E-state index contributed by atoms with van der Waals surface area (Å²) >= 11 is 7.95. The van der Waals surface area contributed by atoms with Crippen LogP contribution in [-0.4, -0.2) is 37.0 Å². The van der Waals surface area contributed by atoms with Gasteiger partial charge in [-0.25, -0.2) is 0 Å². The Labute approximate surface area is 158 Å². The minimum atomic E-state index is 0.235. The summed E-state index contributed by atoms with van der Waals surface area (Å²) in [6.07, 6.45) is 3.46. The Kier molecular flexibility index (Phi) is 6.73. The van der Waals surface area contributed by atoms with Crippen LogP contribution in [0, 0.1) is 0 Å². The minimum Gasteiger partial charge on any atom is -0.370 e. The summed E-state index contributed by atoms with van der Waals surface area (Å²) in [7, 11) is 0. The average Bonchev–Trinajstić information content (AvgIpc) is 3.29. The monoisotopic (exact) mass is 376 g/mol. The van der Waals surface area contributed by atoms with Gasteiger partial charge in [-0.3, -0.25) is 9.89 Å². The number of hydrogen-bond acceptors (Lipinski definition) is 3. The summed E-state index contributed by atoms with van der Waals surface area (Å²) in [4.78, 5) is 8.43. The maximum Gasteiger partial charge on any atom is 0.188 e. The van der Waals surface area contributed by atoms with Gasteiger partial charge in [0.05, 0.1) is 12.6 Å². The summed E-state index contributed by atoms with van der Waals surface area (Å²) < 4.78 is 0. The van der Waals surface area contributed by atoms with Crippen LogP contribution < -0.4 is 11.1 Å². The molecule has 25 heavy (non-hydrogen) atoms. The Bertz CT molecular complexity index is 680. The topological polar surface area (TPSA) is 53.6 Å². The number of nitrogens with one attached hydrogen (secondary N) is 1. The van der Waals surface area contributed by atoms with Crippen molar-refractivity contribution in [3.63, 3.8) is 0 Å². The van der Waals surface area contributed by atoms with Crippen LogP contribution in [-0.2, 0) is 6.42 Å². The number of likely N-dealkylation sites (tertiary alicyclic amines) is 1. The molecule has 1 aliphatic rings. The molecule has 0 saturated carbocycles. The summed E-state index contributed by atoms with van der Waals surface area (Å²) in [5.74, 6) is 0.516. The predicted octanol–water partition coefficient (Wildman–Crippen LogP) is 3.69. The molecule has 0 spiro atoms. The number of thiophene rings is 1. The van der Waals surface area contributed by atoms with Gasteiger partial charge in [0.1, 0.15) is 0 Å². The van der Waals surface area contributed by atoms with Crippen LogP contribution in [0.3, 0.4) is 0 Å². The van der Waals surface area contributed by atoms with Crippen LogP contribution in [0.2, 0.25) is 5.02 Å². The van der Waals surface area contributed by atoms with E-state index in [-0.39, 0.29) is 6.04 Å². The first kappa shape index (κ1) is 18.2. The Balaban J connectivity index is 1.59. The van der Waals surface area contributed by atoms with E-state index in [1.54, 1.807) is 11.3 Å². The maximum atomic E-state index is 6.19. The van der Waals surface area contributed by atoms with Crippen molar-refractivity contribution in [2.24, 2.45) is 10.7 Å². The summed E-state index contributed by atoms with van der Waals surface area (Å²) in [5.41, 5.74) is 7.28. The molecule has 0 radical (unpaired) electrons. The fourth-order valence-electron chi connectivity index (χ4n) is 3.21. The molecule has 1 aromatic carbocycles. The lowest BCUT2D eigenvalue weighted by molar-refractivity contribution is 0.252. The van der Waals surface area contributed by atoms with Crippen molar-refractivity contribution in [1.29, 1.82) is 0 Å². The number of halogens is 1. The van der Waals surface area contributed by atoms with Gasteiger partial charge in [-0.2, -0.15) is 0 Å². The molecule has 0 amide bonds. The lowest BCUT2D eigenvalue weighted by Crippen LogP contribution is -2.35. The van der Waals surface area contributed by atoms with Gasteiger partial charge < -0.3 is 11.1 Å². The largest absolute Gasteiger partial charge is 0.370 e. The molecule has 2 heterocycles. The first-order valence-corrected chi connectivity index (χ1v) is 10.0. The SMILES string of the molecule is NC(=NCC(c1cccc(Cl)c1)N1CCCC1)NCCc1cccs1. The summed E-state index contributed by atoms with van der Waals surface area (Å²) in [6, 6.07) is 12.5. The van der Waals surface area contributed by atoms with E-state index in [0.717, 1.165) is 31.1 Å². The number of benzene rings is 1. The molecule has 1 fully saturated rings. The molecule has 3 N–H and O–H groups in total. The van der Waals surface area contributed by atoms with Crippen LogP contribution in [0.25, 0.3) is 0 Å². The van der Waals surface area contributed by atoms with E-state index in [0.29, 0.717) is 12.5 Å². The molecule has 6 heteroatoms. The number of aliphatic imine (C=N–C) groups is 1. The molecular weight excluding hydrogens is 352 g/mol. The van der Waals surface area contributed by atoms with E-state index >= 15 is 0 Å². The molecule has 0 aliphatic carbocycles. The number of rotatable bonds is 7. The van der Waals surface area contributed by atoms with Crippen molar-refractivity contribution in [1.82, 2.24) is 10.2 Å². The highest BCUT2D eigenvalue weighted by atomic mass is 35.5. The van der Waals surface area contributed by atoms with Crippen LogP contribution >= 0.6 is 22.9 Å². The highest BCUT2D eigenvalue weighted by molar-refractivity contribution is 7.09. The molecule has 2 aromatic rings. The molecule has 1 unspecified atom stereocenters. The van der Waals surface area contributed by atoms with Gasteiger partial charge in [-0.15, -0.1) is 11.3 Å². The normalized spacial score (nSPS) is 16.9. The molecule has 134 valence electrons. The van der Waals surface area contributed by atoms with Crippen LogP contribution in [0.5, 0.6) is 0 Å². The first-order valence-electron chi connectivity index (χ1n) is 8.78. The quantitative estimate of drug-likeness (QED) is 0.572. The van der Waals surface area contributed by atoms with Gasteiger partial charge >= 0.3 is 0 Å². The fraction of sp³-hybridized carbons (Fsp3) is 0.421. The lowest BCUT2D eigenvalue weighted by atomic mass is 10.1. The zero-order valence-electron chi connectivity index (χ0n) is 14.3. The number of nitrogens with two attached hydrogens (primary N) is 1. The van der Waals surface area contributed by atoms with Gasteiger partial charge in [0.2, 0.25) is 0 Å². The standard InChI is InChI=1S/C19H25ClN4S/c20-16-6-3-5-15(13-16)18(24-10-1-2-11-24)14-23-19(21)22-9-8-17-7-4-12-25-17/h3-7,12-13,18H,1-2,8-11,14H2,(H3,21,22,23). The maximum absolute atomic E-state index is 6.19. The van der Waals surface area contributed by atoms with Gasteiger partial charge in [-0.1, -0.05) is 29.8 Å². The van der Waals surface area contributed by atoms with E-state index in [1.165, 1.54) is 23.3 Å². The Morgan fingerprint density at radius 1 is 1.28 bits per heavy atom. The fourth-order valence-corrected chi connectivity index (χ4v) is 4.12. The average molecular weight is 377 g/mol.